The van der Waals surface area contributed by atoms with Crippen LogP contribution in [0.15, 0.2) is 158 Å². The molecule has 8 nitrogen and oxygen atoms in total. The minimum absolute atomic E-state index is 0.773. The Morgan fingerprint density at radius 3 is 1.29 bits per heavy atom. The number of hydrogen-bond acceptors (Lipinski definition) is 6. The molecule has 5 aromatic heterocycles. The summed E-state index contributed by atoms with van der Waals surface area (Å²) in [6, 6.07) is 47.0. The summed E-state index contributed by atoms with van der Waals surface area (Å²) in [5.41, 5.74) is 15.9. The van der Waals surface area contributed by atoms with E-state index in [1.165, 1.54) is 33.0 Å². The van der Waals surface area contributed by atoms with Gasteiger partial charge in [-0.3, -0.25) is 19.1 Å². The van der Waals surface area contributed by atoms with E-state index in [0.29, 0.717) is 0 Å². The summed E-state index contributed by atoms with van der Waals surface area (Å²) in [6.07, 6.45) is 16.3. The number of rotatable bonds is 8. The Morgan fingerprint density at radius 2 is 0.838 bits per heavy atom. The van der Waals surface area contributed by atoms with Crippen LogP contribution in [0.25, 0.3) is 77.8 Å². The quantitative estimate of drug-likeness (QED) is 0.151. The largest absolute Gasteiger partial charge is 0.457 e. The van der Waals surface area contributed by atoms with E-state index in [2.05, 4.69) is 144 Å². The van der Waals surface area contributed by atoms with Crippen molar-refractivity contribution in [2.45, 2.75) is 65.2 Å². The van der Waals surface area contributed by atoms with Crippen LogP contribution in [-0.2, 0) is 25.7 Å². The van der Waals surface area contributed by atoms with Crippen LogP contribution in [0.4, 0.5) is 0 Å². The number of ether oxygens (including phenoxy) is 2. The van der Waals surface area contributed by atoms with Crippen LogP contribution >= 0.6 is 0 Å². The van der Waals surface area contributed by atoms with Crippen molar-refractivity contribution in [3.8, 4) is 57.1 Å². The lowest BCUT2D eigenvalue weighted by Crippen LogP contribution is -2.07. The lowest BCUT2D eigenvalue weighted by Gasteiger charge is -2.22. The van der Waals surface area contributed by atoms with Crippen molar-refractivity contribution in [3.63, 3.8) is 0 Å². The van der Waals surface area contributed by atoms with Gasteiger partial charge in [0.15, 0.2) is 0 Å². The molecular formula is C60H48N6O2. The Morgan fingerprint density at radius 1 is 0.397 bits per heavy atom. The fourth-order valence-corrected chi connectivity index (χ4v) is 10.9. The molecule has 0 bridgehead atoms. The highest BCUT2D eigenvalue weighted by atomic mass is 16.5. The molecule has 11 aromatic rings. The predicted octanol–water partition coefficient (Wildman–Crippen LogP) is 14.8. The zero-order valence-electron chi connectivity index (χ0n) is 38.2. The summed E-state index contributed by atoms with van der Waals surface area (Å²) in [7, 11) is 0. The first-order valence-corrected chi connectivity index (χ1v) is 23.9. The Balaban J connectivity index is 0.845. The van der Waals surface area contributed by atoms with Gasteiger partial charge in [-0.25, -0.2) is 9.97 Å². The molecule has 0 radical (unpaired) electrons. The van der Waals surface area contributed by atoms with Gasteiger partial charge < -0.3 is 9.47 Å². The van der Waals surface area contributed by atoms with Gasteiger partial charge in [-0.15, -0.1) is 0 Å². The van der Waals surface area contributed by atoms with Crippen molar-refractivity contribution in [2.24, 2.45) is 0 Å². The summed E-state index contributed by atoms with van der Waals surface area (Å²) in [5.74, 6) is 4.93. The van der Waals surface area contributed by atoms with Gasteiger partial charge in [0, 0.05) is 57.2 Å². The summed E-state index contributed by atoms with van der Waals surface area (Å²) in [5, 5.41) is 4.69. The molecule has 5 heterocycles. The molecular weight excluding hydrogens is 837 g/mol. The fourth-order valence-electron chi connectivity index (χ4n) is 10.9. The van der Waals surface area contributed by atoms with Crippen LogP contribution < -0.4 is 9.47 Å². The number of para-hydroxylation sites is 2. The average Bonchev–Trinajstić information content (AvgIpc) is 3.88. The van der Waals surface area contributed by atoms with E-state index in [9.17, 15) is 0 Å². The lowest BCUT2D eigenvalue weighted by atomic mass is 9.86. The molecule has 0 saturated heterocycles. The maximum absolute atomic E-state index is 6.81. The van der Waals surface area contributed by atoms with Crippen LogP contribution in [0.2, 0.25) is 0 Å². The van der Waals surface area contributed by atoms with Gasteiger partial charge in [-0.2, -0.15) is 0 Å². The molecule has 8 heteroatoms. The van der Waals surface area contributed by atoms with Gasteiger partial charge in [-0.1, -0.05) is 36.4 Å². The van der Waals surface area contributed by atoms with Crippen molar-refractivity contribution in [2.75, 3.05) is 0 Å². The van der Waals surface area contributed by atoms with E-state index in [1.807, 2.05) is 36.9 Å². The second-order valence-electron chi connectivity index (χ2n) is 18.6. The first-order valence-electron chi connectivity index (χ1n) is 23.9. The van der Waals surface area contributed by atoms with Crippen molar-refractivity contribution in [1.82, 2.24) is 29.1 Å². The summed E-state index contributed by atoms with van der Waals surface area (Å²) in [6.45, 7) is 4.21. The third-order valence-corrected chi connectivity index (χ3v) is 14.1. The van der Waals surface area contributed by atoms with E-state index < -0.39 is 0 Å². The highest BCUT2D eigenvalue weighted by molar-refractivity contribution is 6.10. The average molecular weight is 885 g/mol. The first kappa shape index (κ1) is 40.2. The summed E-state index contributed by atoms with van der Waals surface area (Å²) >= 11 is 0. The molecule has 330 valence electrons. The van der Waals surface area contributed by atoms with Gasteiger partial charge >= 0.3 is 0 Å². The number of benzene rings is 6. The van der Waals surface area contributed by atoms with Crippen molar-refractivity contribution < 1.29 is 9.47 Å². The van der Waals surface area contributed by atoms with E-state index >= 15 is 0 Å². The van der Waals surface area contributed by atoms with Crippen LogP contribution in [0, 0.1) is 13.8 Å². The molecule has 0 spiro atoms. The molecule has 2 aliphatic carbocycles. The van der Waals surface area contributed by atoms with E-state index in [1.54, 1.807) is 0 Å². The van der Waals surface area contributed by atoms with Crippen molar-refractivity contribution in [3.05, 3.63) is 192 Å². The first-order chi connectivity index (χ1) is 33.5. The lowest BCUT2D eigenvalue weighted by molar-refractivity contribution is 0.481. The topological polar surface area (TPSA) is 79.9 Å². The SMILES string of the molecule is Cc1ccnc(-n2c3ccccc3c3ccc(Oc4cc5c(c(-c6cnc(-c7cc(Oc8ccc9c%10ccccc%10n(-c%10cc(C)ccn%10)c9c8)cc8c7CCCC8)cn6)c4)CCCC5)cc32)c1. The van der Waals surface area contributed by atoms with E-state index in [4.69, 9.17) is 29.4 Å². The number of hydrogen-bond donors (Lipinski definition) is 0. The summed E-state index contributed by atoms with van der Waals surface area (Å²) in [4.78, 5) is 19.9. The van der Waals surface area contributed by atoms with Crippen molar-refractivity contribution in [1.29, 1.82) is 0 Å². The molecule has 0 aliphatic heterocycles. The van der Waals surface area contributed by atoms with Crippen LogP contribution in [-0.4, -0.2) is 29.1 Å². The monoisotopic (exact) mass is 884 g/mol. The third-order valence-electron chi connectivity index (χ3n) is 14.1. The Kier molecular flexibility index (Phi) is 9.66. The third kappa shape index (κ3) is 6.98. The van der Waals surface area contributed by atoms with Gasteiger partial charge in [0.25, 0.3) is 0 Å². The zero-order valence-corrected chi connectivity index (χ0v) is 38.2. The molecule has 0 saturated carbocycles. The molecule has 0 atom stereocenters. The second kappa shape index (κ2) is 16.3. The Bertz CT molecular complexity index is 3540. The maximum Gasteiger partial charge on any atom is 0.137 e. The molecule has 0 amide bonds. The Hall–Kier alpha value is -8.10. The van der Waals surface area contributed by atoms with Gasteiger partial charge in [0.1, 0.15) is 34.6 Å². The number of pyridine rings is 2. The second-order valence-corrected chi connectivity index (χ2v) is 18.6. The van der Waals surface area contributed by atoms with Crippen LogP contribution in [0.1, 0.15) is 59.1 Å². The van der Waals surface area contributed by atoms with Gasteiger partial charge in [0.2, 0.25) is 0 Å². The van der Waals surface area contributed by atoms with Gasteiger partial charge in [0.05, 0.1) is 45.8 Å². The fraction of sp³-hybridized carbons (Fsp3) is 0.167. The van der Waals surface area contributed by atoms with Crippen LogP contribution in [0.5, 0.6) is 23.0 Å². The molecule has 6 aromatic carbocycles. The number of nitrogens with zero attached hydrogens (tertiary/aromatic N) is 6. The van der Waals surface area contributed by atoms with E-state index in [0.717, 1.165) is 152 Å². The molecule has 13 rings (SSSR count). The zero-order chi connectivity index (χ0) is 45.3. The maximum atomic E-state index is 6.81. The number of aromatic nitrogens is 6. The minimum Gasteiger partial charge on any atom is -0.457 e. The molecule has 0 N–H and O–H groups in total. The van der Waals surface area contributed by atoms with Crippen molar-refractivity contribution >= 4 is 43.6 Å². The highest BCUT2D eigenvalue weighted by Gasteiger charge is 2.22. The molecule has 0 fully saturated rings. The molecule has 2 aliphatic rings. The molecule has 0 unspecified atom stereocenters. The predicted molar refractivity (Wildman–Crippen MR) is 273 cm³/mol. The molecule has 68 heavy (non-hydrogen) atoms. The summed E-state index contributed by atoms with van der Waals surface area (Å²) < 4.78 is 18.1. The highest BCUT2D eigenvalue weighted by Crippen LogP contribution is 2.42. The van der Waals surface area contributed by atoms with Gasteiger partial charge in [-0.05, 0) is 184 Å². The number of fused-ring (bicyclic) bond motifs is 8. The number of aryl methyl sites for hydroxylation is 4. The van der Waals surface area contributed by atoms with Crippen LogP contribution in [0.3, 0.4) is 0 Å². The standard InChI is InChI=1S/C60H48N6O2/c1-37-23-25-61-59(27-37)65-55-17-9-7-15-47(55)49-21-19-41(33-57(49)65)67-43-29-39-11-3-5-13-45(39)51(31-43)53-35-64-54(36-63-53)52-32-44(30-40-12-4-6-14-46(40)52)68-42-20-22-50-48-16-8-10-18-56(48)66(58(50)34-42)60-28-38(2)24-26-62-60/h7-10,15-36H,3-6,11-14H2,1-2H3. The Labute approximate surface area is 394 Å². The normalized spacial score (nSPS) is 13.6. The van der Waals surface area contributed by atoms with E-state index in [-0.39, 0.29) is 0 Å². The smallest absolute Gasteiger partial charge is 0.137 e. The minimum atomic E-state index is 0.773.